The highest BCUT2D eigenvalue weighted by atomic mass is 16.5. The van der Waals surface area contributed by atoms with Gasteiger partial charge in [0.05, 0.1) is 0 Å². The Morgan fingerprint density at radius 2 is 1.59 bits per heavy atom. The first-order valence-corrected chi connectivity index (χ1v) is 13.7. The average Bonchev–Trinajstić information content (AvgIpc) is 2.98. The predicted molar refractivity (Wildman–Crippen MR) is 164 cm³/mol. The van der Waals surface area contributed by atoms with Crippen molar-refractivity contribution >= 4 is 44.0 Å². The van der Waals surface area contributed by atoms with Gasteiger partial charge in [0.25, 0.3) is 0 Å². The smallest absolute Gasteiger partial charge is 0.143 e. The van der Waals surface area contributed by atoms with Crippen molar-refractivity contribution in [2.24, 2.45) is 0 Å². The zero-order chi connectivity index (χ0) is 26.1. The second kappa shape index (κ2) is 8.41. The van der Waals surface area contributed by atoms with Crippen molar-refractivity contribution in [2.75, 3.05) is 0 Å². The van der Waals surface area contributed by atoms with Crippen LogP contribution in [0.25, 0.3) is 55.1 Å². The third kappa shape index (κ3) is 3.31. The van der Waals surface area contributed by atoms with Gasteiger partial charge in [-0.1, -0.05) is 72.8 Å². The Bertz CT molecular complexity index is 2000. The molecule has 2 aliphatic carbocycles. The van der Waals surface area contributed by atoms with Gasteiger partial charge in [-0.3, -0.25) is 4.98 Å². The molecule has 0 aliphatic heterocycles. The van der Waals surface area contributed by atoms with Gasteiger partial charge in [-0.15, -0.1) is 0 Å². The molecule has 5 aromatic carbocycles. The van der Waals surface area contributed by atoms with E-state index in [4.69, 9.17) is 4.74 Å². The molecule has 0 saturated carbocycles. The molecule has 0 bridgehead atoms. The fraction of sp³-hybridized carbons (Fsp3) is 0.108. The number of fused-ring (bicyclic) bond motifs is 2. The van der Waals surface area contributed by atoms with E-state index >= 15 is 0 Å². The van der Waals surface area contributed by atoms with Gasteiger partial charge in [0.2, 0.25) is 0 Å². The van der Waals surface area contributed by atoms with Crippen molar-refractivity contribution in [3.05, 3.63) is 125 Å². The van der Waals surface area contributed by atoms with Gasteiger partial charge in [-0.25, -0.2) is 0 Å². The van der Waals surface area contributed by atoms with Crippen molar-refractivity contribution in [1.82, 2.24) is 4.98 Å². The number of aromatic nitrogens is 1. The van der Waals surface area contributed by atoms with Gasteiger partial charge in [-0.2, -0.15) is 0 Å². The molecule has 0 fully saturated rings. The predicted octanol–water partition coefficient (Wildman–Crippen LogP) is 9.97. The van der Waals surface area contributed by atoms with Crippen LogP contribution in [0.1, 0.15) is 34.2 Å². The van der Waals surface area contributed by atoms with Crippen LogP contribution in [0.5, 0.6) is 11.5 Å². The molecule has 2 aliphatic rings. The first kappa shape index (κ1) is 22.3. The minimum atomic E-state index is 0.852. The summed E-state index contributed by atoms with van der Waals surface area (Å²) in [6, 6.07) is 26.3. The molecular formula is C37H27NO. The van der Waals surface area contributed by atoms with Crippen molar-refractivity contribution in [2.45, 2.75) is 26.7 Å². The molecule has 0 atom stereocenters. The maximum absolute atomic E-state index is 6.69. The number of nitrogens with zero attached hydrogens (tertiary/aromatic N) is 1. The van der Waals surface area contributed by atoms with E-state index in [0.717, 1.165) is 40.5 Å². The van der Waals surface area contributed by atoms with Gasteiger partial charge in [0.1, 0.15) is 11.5 Å². The molecule has 0 radical (unpaired) electrons. The number of hydrogen-bond acceptors (Lipinski definition) is 2. The van der Waals surface area contributed by atoms with E-state index in [-0.39, 0.29) is 0 Å². The van der Waals surface area contributed by atoms with Gasteiger partial charge < -0.3 is 4.74 Å². The molecule has 1 heterocycles. The lowest BCUT2D eigenvalue weighted by Crippen LogP contribution is -2.04. The van der Waals surface area contributed by atoms with Crippen LogP contribution in [0.4, 0.5) is 0 Å². The Morgan fingerprint density at radius 3 is 2.49 bits per heavy atom. The third-order valence-electron chi connectivity index (χ3n) is 8.57. The summed E-state index contributed by atoms with van der Waals surface area (Å²) in [4.78, 5) is 4.60. The molecule has 39 heavy (non-hydrogen) atoms. The quantitative estimate of drug-likeness (QED) is 0.225. The second-order valence-corrected chi connectivity index (χ2v) is 10.8. The van der Waals surface area contributed by atoms with E-state index in [2.05, 4.69) is 110 Å². The molecule has 8 rings (SSSR count). The Hall–Kier alpha value is -4.69. The Morgan fingerprint density at radius 1 is 0.718 bits per heavy atom. The number of ether oxygens (including phenoxy) is 1. The van der Waals surface area contributed by atoms with Crippen LogP contribution in [0, 0.1) is 13.8 Å². The number of pyridine rings is 1. The van der Waals surface area contributed by atoms with Crippen molar-refractivity contribution in [3.8, 4) is 22.6 Å². The summed E-state index contributed by atoms with van der Waals surface area (Å²) >= 11 is 0. The van der Waals surface area contributed by atoms with Crippen LogP contribution in [0.15, 0.2) is 97.3 Å². The van der Waals surface area contributed by atoms with E-state index in [9.17, 15) is 0 Å². The molecule has 0 saturated heterocycles. The number of benzene rings is 5. The second-order valence-electron chi connectivity index (χ2n) is 10.8. The maximum atomic E-state index is 6.69. The van der Waals surface area contributed by atoms with Crippen molar-refractivity contribution in [3.63, 3.8) is 0 Å². The zero-order valence-corrected chi connectivity index (χ0v) is 22.1. The topological polar surface area (TPSA) is 22.1 Å². The minimum Gasteiger partial charge on any atom is -0.456 e. The van der Waals surface area contributed by atoms with E-state index in [1.807, 2.05) is 12.4 Å². The number of allylic oxidation sites excluding steroid dienone is 3. The number of hydrogen-bond donors (Lipinski definition) is 0. The van der Waals surface area contributed by atoms with E-state index in [1.54, 1.807) is 0 Å². The summed E-state index contributed by atoms with van der Waals surface area (Å²) in [5, 5.41) is 7.18. The average molecular weight is 502 g/mol. The van der Waals surface area contributed by atoms with Crippen LogP contribution >= 0.6 is 0 Å². The largest absolute Gasteiger partial charge is 0.456 e. The number of aryl methyl sites for hydroxylation is 2. The van der Waals surface area contributed by atoms with Gasteiger partial charge in [0, 0.05) is 28.6 Å². The molecule has 0 unspecified atom stereocenters. The first-order chi connectivity index (χ1) is 19.2. The third-order valence-corrected chi connectivity index (χ3v) is 8.57. The van der Waals surface area contributed by atoms with Crippen LogP contribution < -0.4 is 4.74 Å². The van der Waals surface area contributed by atoms with Gasteiger partial charge >= 0.3 is 0 Å². The maximum Gasteiger partial charge on any atom is 0.143 e. The highest BCUT2D eigenvalue weighted by Crippen LogP contribution is 2.48. The number of rotatable bonds is 3. The normalized spacial score (nSPS) is 13.7. The highest BCUT2D eigenvalue weighted by molar-refractivity contribution is 6.21. The SMILES string of the molecule is Cc1ccc(Oc2c3ccccc3c(-c3ccc4c5c6c(ccc35)C=CCC6=CC4)c3cnccc23)cc1C. The Labute approximate surface area is 227 Å². The van der Waals surface area contributed by atoms with Gasteiger partial charge in [-0.05, 0) is 106 Å². The molecule has 0 N–H and O–H groups in total. The lowest BCUT2D eigenvalue weighted by atomic mass is 9.79. The fourth-order valence-electron chi connectivity index (χ4n) is 6.52. The van der Waals surface area contributed by atoms with E-state index in [0.29, 0.717) is 0 Å². The summed E-state index contributed by atoms with van der Waals surface area (Å²) in [5.74, 6) is 1.73. The van der Waals surface area contributed by atoms with Crippen LogP contribution in [-0.4, -0.2) is 4.98 Å². The van der Waals surface area contributed by atoms with Crippen molar-refractivity contribution in [1.29, 1.82) is 0 Å². The van der Waals surface area contributed by atoms with E-state index in [1.165, 1.54) is 60.7 Å². The Balaban J connectivity index is 1.45. The molecule has 0 spiro atoms. The molecule has 1 aromatic heterocycles. The molecule has 186 valence electrons. The first-order valence-electron chi connectivity index (χ1n) is 13.7. The zero-order valence-electron chi connectivity index (χ0n) is 22.1. The summed E-state index contributed by atoms with van der Waals surface area (Å²) in [7, 11) is 0. The monoisotopic (exact) mass is 501 g/mol. The summed E-state index contributed by atoms with van der Waals surface area (Å²) in [5.41, 5.74) is 10.6. The van der Waals surface area contributed by atoms with Gasteiger partial charge in [0.15, 0.2) is 0 Å². The molecule has 2 heteroatoms. The molecular weight excluding hydrogens is 474 g/mol. The highest BCUT2D eigenvalue weighted by Gasteiger charge is 2.23. The van der Waals surface area contributed by atoms with Crippen LogP contribution in [0.2, 0.25) is 0 Å². The summed E-state index contributed by atoms with van der Waals surface area (Å²) in [6.07, 6.45) is 12.9. The van der Waals surface area contributed by atoms with Crippen molar-refractivity contribution < 1.29 is 4.74 Å². The van der Waals surface area contributed by atoms with Crippen LogP contribution in [0.3, 0.4) is 0 Å². The van der Waals surface area contributed by atoms with E-state index < -0.39 is 0 Å². The standard InChI is InChI=1S/C37H27NO/c1-22-10-15-27(20-23(22)2)39-37-31-9-4-3-8-28(31)36(33-21-38-19-18-32(33)37)30-17-14-26-12-11-24-6-5-7-25-13-16-29(30)35(26)34(24)25/h3-5,7-11,13-21H,6,12H2,1-2H3. The molecule has 0 amide bonds. The Kier molecular flexibility index (Phi) is 4.81. The lowest BCUT2D eigenvalue weighted by Gasteiger charge is -2.25. The van der Waals surface area contributed by atoms with Crippen LogP contribution in [-0.2, 0) is 6.42 Å². The lowest BCUT2D eigenvalue weighted by molar-refractivity contribution is 0.493. The molecule has 6 aromatic rings. The summed E-state index contributed by atoms with van der Waals surface area (Å²) < 4.78 is 6.69. The fourth-order valence-corrected chi connectivity index (χ4v) is 6.52. The molecule has 2 nitrogen and oxygen atoms in total. The summed E-state index contributed by atoms with van der Waals surface area (Å²) in [6.45, 7) is 4.26. The minimum absolute atomic E-state index is 0.852.